The second-order valence-corrected chi connectivity index (χ2v) is 6.47. The number of pyridine rings is 1. The highest BCUT2D eigenvalue weighted by Crippen LogP contribution is 2.25. The van der Waals surface area contributed by atoms with Crippen LogP contribution in [-0.2, 0) is 11.3 Å². The van der Waals surface area contributed by atoms with Gasteiger partial charge in [0.2, 0.25) is 0 Å². The smallest absolute Gasteiger partial charge is 0.411 e. The number of anilines is 3. The van der Waals surface area contributed by atoms with Crippen molar-refractivity contribution in [3.8, 4) is 0 Å². The molecular weight excluding hydrogens is 384 g/mol. The summed E-state index contributed by atoms with van der Waals surface area (Å²) in [6.07, 6.45) is 2.67. The average molecular weight is 402 g/mol. The summed E-state index contributed by atoms with van der Waals surface area (Å²) >= 11 is 0. The number of ether oxygens (including phenoxy) is 1. The Morgan fingerprint density at radius 1 is 1.03 bits per heavy atom. The van der Waals surface area contributed by atoms with Crippen molar-refractivity contribution in [3.05, 3.63) is 84.4 Å². The fourth-order valence-electron chi connectivity index (χ4n) is 2.81. The van der Waals surface area contributed by atoms with Crippen LogP contribution in [0.3, 0.4) is 0 Å². The number of para-hydroxylation sites is 2. The average Bonchev–Trinajstić information content (AvgIpc) is 3.18. The molecule has 0 unspecified atom stereocenters. The maximum Gasteiger partial charge on any atom is 0.411 e. The number of furan rings is 1. The van der Waals surface area contributed by atoms with Crippen molar-refractivity contribution in [1.29, 1.82) is 0 Å². The number of fused-ring (bicyclic) bond motifs is 1. The summed E-state index contributed by atoms with van der Waals surface area (Å²) in [5, 5.41) is 6.02. The highest BCUT2D eigenvalue weighted by molar-refractivity contribution is 6.06. The first-order chi connectivity index (χ1) is 14.6. The summed E-state index contributed by atoms with van der Waals surface area (Å²) in [7, 11) is 0. The fourth-order valence-corrected chi connectivity index (χ4v) is 2.81. The SMILES string of the molecule is Nc1ccccc1NC(=O)c1cc2cc(NC(=O)OCc3cccnc3)ccc2o1. The fraction of sp³-hybridized carbons (Fsp3) is 0.0455. The number of nitrogens with zero attached hydrogens (tertiary/aromatic N) is 1. The Morgan fingerprint density at radius 2 is 1.90 bits per heavy atom. The lowest BCUT2D eigenvalue weighted by Gasteiger charge is -2.06. The number of nitrogens with two attached hydrogens (primary N) is 1. The maximum atomic E-state index is 12.5. The number of carbonyl (C=O) groups excluding carboxylic acids is 2. The van der Waals surface area contributed by atoms with Gasteiger partial charge in [-0.25, -0.2) is 4.79 Å². The molecular formula is C22H18N4O4. The van der Waals surface area contributed by atoms with E-state index >= 15 is 0 Å². The van der Waals surface area contributed by atoms with Gasteiger partial charge in [-0.3, -0.25) is 15.1 Å². The number of hydrogen-bond donors (Lipinski definition) is 3. The van der Waals surface area contributed by atoms with Gasteiger partial charge in [-0.2, -0.15) is 0 Å². The van der Waals surface area contributed by atoms with E-state index in [1.165, 1.54) is 0 Å². The monoisotopic (exact) mass is 402 g/mol. The second kappa shape index (κ2) is 8.36. The van der Waals surface area contributed by atoms with Crippen LogP contribution in [0.4, 0.5) is 21.9 Å². The van der Waals surface area contributed by atoms with Crippen molar-refractivity contribution in [3.63, 3.8) is 0 Å². The summed E-state index contributed by atoms with van der Waals surface area (Å²) in [5.41, 5.74) is 8.61. The molecule has 30 heavy (non-hydrogen) atoms. The van der Waals surface area contributed by atoms with Gasteiger partial charge in [-0.05, 0) is 42.5 Å². The third kappa shape index (κ3) is 4.39. The minimum Gasteiger partial charge on any atom is -0.451 e. The molecule has 0 saturated heterocycles. The molecule has 2 heterocycles. The Morgan fingerprint density at radius 3 is 2.70 bits per heavy atom. The minimum absolute atomic E-state index is 0.112. The molecule has 4 N–H and O–H groups in total. The minimum atomic E-state index is -0.598. The third-order valence-corrected chi connectivity index (χ3v) is 4.29. The molecule has 8 nitrogen and oxygen atoms in total. The molecule has 0 atom stereocenters. The van der Waals surface area contributed by atoms with Gasteiger partial charge in [0.15, 0.2) is 5.76 Å². The van der Waals surface area contributed by atoms with Gasteiger partial charge in [0.1, 0.15) is 12.2 Å². The van der Waals surface area contributed by atoms with E-state index in [9.17, 15) is 9.59 Å². The Bertz CT molecular complexity index is 1200. The second-order valence-electron chi connectivity index (χ2n) is 6.47. The quantitative estimate of drug-likeness (QED) is 0.425. The molecule has 0 spiro atoms. The number of amides is 2. The van der Waals surface area contributed by atoms with Crippen molar-refractivity contribution >= 4 is 40.0 Å². The molecule has 2 aromatic heterocycles. The van der Waals surface area contributed by atoms with E-state index in [1.807, 2.05) is 6.07 Å². The van der Waals surface area contributed by atoms with Crippen LogP contribution in [0, 0.1) is 0 Å². The van der Waals surface area contributed by atoms with Crippen LogP contribution in [0.2, 0.25) is 0 Å². The molecule has 2 amide bonds. The summed E-state index contributed by atoms with van der Waals surface area (Å²) in [4.78, 5) is 28.4. The van der Waals surface area contributed by atoms with Crippen LogP contribution in [0.1, 0.15) is 16.1 Å². The topological polar surface area (TPSA) is 119 Å². The van der Waals surface area contributed by atoms with Crippen LogP contribution in [0.25, 0.3) is 11.0 Å². The van der Waals surface area contributed by atoms with Gasteiger partial charge in [0.25, 0.3) is 5.91 Å². The first-order valence-corrected chi connectivity index (χ1v) is 9.10. The molecule has 0 aliphatic heterocycles. The first kappa shape index (κ1) is 19.0. The molecule has 4 rings (SSSR count). The van der Waals surface area contributed by atoms with Crippen molar-refractivity contribution in [1.82, 2.24) is 4.98 Å². The normalized spacial score (nSPS) is 10.5. The molecule has 8 heteroatoms. The van der Waals surface area contributed by atoms with E-state index in [2.05, 4.69) is 15.6 Å². The predicted molar refractivity (Wildman–Crippen MR) is 113 cm³/mol. The molecule has 2 aromatic carbocycles. The zero-order chi connectivity index (χ0) is 20.9. The van der Waals surface area contributed by atoms with Crippen molar-refractivity contribution in [2.75, 3.05) is 16.4 Å². The van der Waals surface area contributed by atoms with Gasteiger partial charge in [0, 0.05) is 29.0 Å². The van der Waals surface area contributed by atoms with Crippen LogP contribution in [0.5, 0.6) is 0 Å². The number of hydrogen-bond acceptors (Lipinski definition) is 6. The van der Waals surface area contributed by atoms with Gasteiger partial charge in [-0.1, -0.05) is 18.2 Å². The van der Waals surface area contributed by atoms with E-state index in [1.54, 1.807) is 67.0 Å². The molecule has 0 saturated carbocycles. The van der Waals surface area contributed by atoms with Crippen LogP contribution in [0.15, 0.2) is 77.5 Å². The molecule has 0 aliphatic rings. The van der Waals surface area contributed by atoms with Crippen molar-refractivity contribution in [2.45, 2.75) is 6.61 Å². The van der Waals surface area contributed by atoms with Gasteiger partial charge >= 0.3 is 6.09 Å². The lowest BCUT2D eigenvalue weighted by atomic mass is 10.2. The number of nitrogen functional groups attached to an aromatic ring is 1. The molecule has 0 bridgehead atoms. The highest BCUT2D eigenvalue weighted by atomic mass is 16.5. The third-order valence-electron chi connectivity index (χ3n) is 4.29. The lowest BCUT2D eigenvalue weighted by molar-refractivity contribution is 0.0998. The molecule has 4 aromatic rings. The molecule has 150 valence electrons. The molecule has 0 radical (unpaired) electrons. The number of rotatable bonds is 5. The van der Waals surface area contributed by atoms with Gasteiger partial charge in [-0.15, -0.1) is 0 Å². The van der Waals surface area contributed by atoms with E-state index in [0.717, 1.165) is 5.56 Å². The Kier molecular flexibility index (Phi) is 5.29. The number of nitrogens with one attached hydrogen (secondary N) is 2. The van der Waals surface area contributed by atoms with Crippen LogP contribution < -0.4 is 16.4 Å². The van der Waals surface area contributed by atoms with Crippen LogP contribution >= 0.6 is 0 Å². The predicted octanol–water partition coefficient (Wildman–Crippen LogP) is 4.41. The maximum absolute atomic E-state index is 12.5. The number of aromatic nitrogens is 1. The van der Waals surface area contributed by atoms with E-state index in [4.69, 9.17) is 14.9 Å². The number of benzene rings is 2. The summed E-state index contributed by atoms with van der Waals surface area (Å²) in [5.74, 6) is -0.293. The molecule has 0 aliphatic carbocycles. The number of carbonyl (C=O) groups is 2. The lowest BCUT2D eigenvalue weighted by Crippen LogP contribution is -2.13. The Hall–Kier alpha value is -4.33. The van der Waals surface area contributed by atoms with Crippen molar-refractivity contribution in [2.24, 2.45) is 0 Å². The van der Waals surface area contributed by atoms with E-state index in [0.29, 0.717) is 28.0 Å². The summed E-state index contributed by atoms with van der Waals surface area (Å²) < 4.78 is 10.8. The van der Waals surface area contributed by atoms with Crippen molar-refractivity contribution < 1.29 is 18.7 Å². The van der Waals surface area contributed by atoms with E-state index in [-0.39, 0.29) is 12.4 Å². The van der Waals surface area contributed by atoms with Gasteiger partial charge in [0.05, 0.1) is 11.4 Å². The highest BCUT2D eigenvalue weighted by Gasteiger charge is 2.14. The zero-order valence-electron chi connectivity index (χ0n) is 15.8. The summed E-state index contributed by atoms with van der Waals surface area (Å²) in [6.45, 7) is 0.112. The zero-order valence-corrected chi connectivity index (χ0v) is 15.8. The van der Waals surface area contributed by atoms with Gasteiger partial charge < -0.3 is 20.2 Å². The Balaban J connectivity index is 1.42. The largest absolute Gasteiger partial charge is 0.451 e. The van der Waals surface area contributed by atoms with Crippen LogP contribution in [-0.4, -0.2) is 17.0 Å². The van der Waals surface area contributed by atoms with E-state index < -0.39 is 12.0 Å². The Labute approximate surface area is 171 Å². The molecule has 0 fully saturated rings. The standard InChI is InChI=1S/C22H18N4O4/c23-17-5-1-2-6-18(17)26-21(27)20-11-15-10-16(7-8-19(15)30-20)25-22(28)29-13-14-4-3-9-24-12-14/h1-12H,13,23H2,(H,25,28)(H,26,27). The first-order valence-electron chi connectivity index (χ1n) is 9.10. The summed E-state index contributed by atoms with van der Waals surface area (Å²) in [6, 6.07) is 17.1.